The number of aliphatic imine (C=N–C) groups is 1. The fourth-order valence-electron chi connectivity index (χ4n) is 3.10. The lowest BCUT2D eigenvalue weighted by molar-refractivity contribution is -0.132. The molecule has 8 heteroatoms. The van der Waals surface area contributed by atoms with Crippen LogP contribution in [0.2, 0.25) is 0 Å². The molecule has 3 atom stereocenters. The highest BCUT2D eigenvalue weighted by Crippen LogP contribution is 2.35. The SMILES string of the molecule is CC(=O)NC1=NC(C)C(C2CC=C(C(=O)N3CCN(C)CC3)O2)S1. The Morgan fingerprint density at radius 1 is 1.33 bits per heavy atom. The molecule has 3 rings (SSSR count). The molecule has 0 bridgehead atoms. The molecule has 0 radical (unpaired) electrons. The normalized spacial score (nSPS) is 30.6. The number of carbonyl (C=O) groups is 2. The van der Waals surface area contributed by atoms with Crippen LogP contribution in [0.15, 0.2) is 16.8 Å². The smallest absolute Gasteiger partial charge is 0.288 e. The van der Waals surface area contributed by atoms with Crippen molar-refractivity contribution in [3.63, 3.8) is 0 Å². The van der Waals surface area contributed by atoms with E-state index in [-0.39, 0.29) is 29.2 Å². The summed E-state index contributed by atoms with van der Waals surface area (Å²) < 4.78 is 5.96. The number of amides is 2. The Kier molecular flexibility index (Phi) is 5.15. The average Bonchev–Trinajstić information content (AvgIpc) is 3.13. The summed E-state index contributed by atoms with van der Waals surface area (Å²) in [6.07, 6.45) is 2.53. The van der Waals surface area contributed by atoms with Gasteiger partial charge in [0.1, 0.15) is 6.10 Å². The van der Waals surface area contributed by atoms with Crippen molar-refractivity contribution in [1.82, 2.24) is 15.1 Å². The van der Waals surface area contributed by atoms with Crippen LogP contribution in [0.3, 0.4) is 0 Å². The molecule has 3 heterocycles. The molecule has 1 N–H and O–H groups in total. The van der Waals surface area contributed by atoms with Crippen molar-refractivity contribution in [3.8, 4) is 0 Å². The molecule has 0 aromatic carbocycles. The minimum absolute atomic E-state index is 0.00995. The predicted octanol–water partition coefficient (Wildman–Crippen LogP) is 0.429. The summed E-state index contributed by atoms with van der Waals surface area (Å²) in [7, 11) is 2.06. The molecule has 132 valence electrons. The van der Waals surface area contributed by atoms with Gasteiger partial charge < -0.3 is 19.9 Å². The third-order valence-electron chi connectivity index (χ3n) is 4.51. The van der Waals surface area contributed by atoms with Gasteiger partial charge in [0.2, 0.25) is 5.91 Å². The summed E-state index contributed by atoms with van der Waals surface area (Å²) in [5.41, 5.74) is 0. The van der Waals surface area contributed by atoms with Gasteiger partial charge in [-0.2, -0.15) is 0 Å². The lowest BCUT2D eigenvalue weighted by atomic mass is 10.1. The van der Waals surface area contributed by atoms with Crippen LogP contribution in [0.25, 0.3) is 0 Å². The fraction of sp³-hybridized carbons (Fsp3) is 0.688. The van der Waals surface area contributed by atoms with E-state index < -0.39 is 0 Å². The zero-order chi connectivity index (χ0) is 17.3. The average molecular weight is 352 g/mol. The van der Waals surface area contributed by atoms with Crippen molar-refractivity contribution >= 4 is 28.7 Å². The maximum Gasteiger partial charge on any atom is 0.288 e. The molecule has 1 fully saturated rings. The molecular formula is C16H24N4O3S. The van der Waals surface area contributed by atoms with Crippen LogP contribution in [-0.4, -0.2) is 77.4 Å². The molecule has 0 aliphatic carbocycles. The van der Waals surface area contributed by atoms with Crippen molar-refractivity contribution in [2.75, 3.05) is 33.2 Å². The summed E-state index contributed by atoms with van der Waals surface area (Å²) in [5.74, 6) is 0.333. The van der Waals surface area contributed by atoms with Gasteiger partial charge in [0, 0.05) is 39.5 Å². The van der Waals surface area contributed by atoms with E-state index in [1.54, 1.807) is 0 Å². The van der Waals surface area contributed by atoms with Gasteiger partial charge in [-0.3, -0.25) is 14.6 Å². The van der Waals surface area contributed by atoms with Crippen molar-refractivity contribution in [3.05, 3.63) is 11.8 Å². The fourth-order valence-corrected chi connectivity index (χ4v) is 4.37. The molecule has 0 aromatic heterocycles. The molecule has 0 saturated carbocycles. The number of nitrogens with zero attached hydrogens (tertiary/aromatic N) is 3. The first-order valence-electron chi connectivity index (χ1n) is 8.30. The van der Waals surface area contributed by atoms with E-state index in [4.69, 9.17) is 4.74 Å². The Labute approximate surface area is 146 Å². The van der Waals surface area contributed by atoms with E-state index in [9.17, 15) is 9.59 Å². The first-order chi connectivity index (χ1) is 11.4. The van der Waals surface area contributed by atoms with Gasteiger partial charge >= 0.3 is 0 Å². The van der Waals surface area contributed by atoms with Gasteiger partial charge in [0.05, 0.1) is 11.3 Å². The van der Waals surface area contributed by atoms with Crippen LogP contribution in [0, 0.1) is 0 Å². The van der Waals surface area contributed by atoms with Gasteiger partial charge in [-0.05, 0) is 20.0 Å². The maximum absolute atomic E-state index is 12.6. The van der Waals surface area contributed by atoms with Crippen molar-refractivity contribution in [2.45, 2.75) is 37.7 Å². The number of thioether (sulfide) groups is 1. The van der Waals surface area contributed by atoms with E-state index in [0.717, 1.165) is 26.2 Å². The molecular weight excluding hydrogens is 328 g/mol. The second-order valence-corrected chi connectivity index (χ2v) is 7.66. The molecule has 3 aliphatic heterocycles. The Hall–Kier alpha value is -1.54. The monoisotopic (exact) mass is 352 g/mol. The van der Waals surface area contributed by atoms with Crippen LogP contribution in [0.1, 0.15) is 20.3 Å². The summed E-state index contributed by atoms with van der Waals surface area (Å²) in [4.78, 5) is 32.3. The third kappa shape index (κ3) is 3.75. The highest BCUT2D eigenvalue weighted by Gasteiger charge is 2.39. The Morgan fingerprint density at radius 3 is 2.71 bits per heavy atom. The zero-order valence-electron chi connectivity index (χ0n) is 14.3. The third-order valence-corrected chi connectivity index (χ3v) is 5.91. The molecule has 3 unspecified atom stereocenters. The van der Waals surface area contributed by atoms with Crippen LogP contribution in [-0.2, 0) is 14.3 Å². The summed E-state index contributed by atoms with van der Waals surface area (Å²) in [5, 5.41) is 3.49. The van der Waals surface area contributed by atoms with Crippen molar-refractivity contribution in [2.24, 2.45) is 4.99 Å². The topological polar surface area (TPSA) is 74.2 Å². The number of hydrogen-bond acceptors (Lipinski definition) is 6. The molecule has 2 amide bonds. The minimum atomic E-state index is -0.120. The number of hydrogen-bond donors (Lipinski definition) is 1. The lowest BCUT2D eigenvalue weighted by Crippen LogP contribution is -2.47. The molecule has 0 spiro atoms. The second-order valence-electron chi connectivity index (χ2n) is 6.49. The maximum atomic E-state index is 12.6. The van der Waals surface area contributed by atoms with Gasteiger partial charge in [-0.25, -0.2) is 0 Å². The number of nitrogens with one attached hydrogen (secondary N) is 1. The van der Waals surface area contributed by atoms with Crippen LogP contribution >= 0.6 is 11.8 Å². The van der Waals surface area contributed by atoms with Gasteiger partial charge in [-0.1, -0.05) is 11.8 Å². The molecule has 3 aliphatic rings. The van der Waals surface area contributed by atoms with Gasteiger partial charge in [-0.15, -0.1) is 0 Å². The predicted molar refractivity (Wildman–Crippen MR) is 93.7 cm³/mol. The minimum Gasteiger partial charge on any atom is -0.483 e. The lowest BCUT2D eigenvalue weighted by Gasteiger charge is -2.32. The summed E-state index contributed by atoms with van der Waals surface area (Å²) in [6.45, 7) is 6.76. The first-order valence-corrected chi connectivity index (χ1v) is 9.18. The summed E-state index contributed by atoms with van der Waals surface area (Å²) >= 11 is 1.52. The standard InChI is InChI=1S/C16H24N4O3S/c1-10-14(24-16(17-10)18-11(2)21)12-4-5-13(23-12)15(22)20-8-6-19(3)7-9-20/h5,10,12,14H,4,6-9H2,1-3H3,(H,17,18,21). The Morgan fingerprint density at radius 2 is 2.04 bits per heavy atom. The molecule has 7 nitrogen and oxygen atoms in total. The Bertz CT molecular complexity index is 584. The molecule has 24 heavy (non-hydrogen) atoms. The van der Waals surface area contributed by atoms with Gasteiger partial charge in [0.25, 0.3) is 5.91 Å². The number of amidine groups is 1. The van der Waals surface area contributed by atoms with Crippen molar-refractivity contribution in [1.29, 1.82) is 0 Å². The molecule has 1 saturated heterocycles. The quantitative estimate of drug-likeness (QED) is 0.780. The van der Waals surface area contributed by atoms with E-state index in [2.05, 4.69) is 22.3 Å². The first kappa shape index (κ1) is 17.3. The number of rotatable bonds is 2. The molecule has 0 aromatic rings. The number of carbonyl (C=O) groups excluding carboxylic acids is 2. The second kappa shape index (κ2) is 7.14. The van der Waals surface area contributed by atoms with E-state index in [0.29, 0.717) is 17.3 Å². The van der Waals surface area contributed by atoms with Crippen molar-refractivity contribution < 1.29 is 14.3 Å². The highest BCUT2D eigenvalue weighted by molar-refractivity contribution is 8.14. The van der Waals surface area contributed by atoms with Crippen LogP contribution in [0.4, 0.5) is 0 Å². The van der Waals surface area contributed by atoms with E-state index >= 15 is 0 Å². The number of ether oxygens (including phenoxy) is 1. The largest absolute Gasteiger partial charge is 0.483 e. The van der Waals surface area contributed by atoms with Crippen LogP contribution in [0.5, 0.6) is 0 Å². The van der Waals surface area contributed by atoms with Crippen LogP contribution < -0.4 is 5.32 Å². The number of likely N-dealkylation sites (N-methyl/N-ethyl adjacent to an activating group) is 1. The highest BCUT2D eigenvalue weighted by atomic mass is 32.2. The zero-order valence-corrected chi connectivity index (χ0v) is 15.1. The number of piperazine rings is 1. The van der Waals surface area contributed by atoms with Gasteiger partial charge in [0.15, 0.2) is 10.9 Å². The van der Waals surface area contributed by atoms with E-state index in [1.807, 2.05) is 17.9 Å². The summed E-state index contributed by atoms with van der Waals surface area (Å²) in [6, 6.07) is 0.0494. The Balaban J connectivity index is 1.54. The van der Waals surface area contributed by atoms with E-state index in [1.165, 1.54) is 18.7 Å².